The summed E-state index contributed by atoms with van der Waals surface area (Å²) < 4.78 is 52.4. The lowest BCUT2D eigenvalue weighted by atomic mass is 10.0. The molecule has 0 aliphatic heterocycles. The molecule has 3 nitrogen and oxygen atoms in total. The van der Waals surface area contributed by atoms with Gasteiger partial charge in [0.05, 0.1) is 17.9 Å². The van der Waals surface area contributed by atoms with Gasteiger partial charge in [-0.25, -0.2) is 23.0 Å². The van der Waals surface area contributed by atoms with Crippen molar-refractivity contribution < 1.29 is 17.6 Å². The van der Waals surface area contributed by atoms with Gasteiger partial charge in [0, 0.05) is 5.56 Å². The molecule has 100 valence electrons. The molecule has 2 rings (SSSR count). The molecule has 2 aromatic rings. The van der Waals surface area contributed by atoms with E-state index < -0.39 is 29.3 Å². The number of hydrogen-bond donors (Lipinski definition) is 2. The molecule has 0 saturated carbocycles. The van der Waals surface area contributed by atoms with E-state index in [-0.39, 0.29) is 11.3 Å². The van der Waals surface area contributed by atoms with Gasteiger partial charge in [-0.15, -0.1) is 0 Å². The second-order valence-corrected chi connectivity index (χ2v) is 3.77. The molecule has 0 radical (unpaired) electrons. The van der Waals surface area contributed by atoms with E-state index in [1.54, 1.807) is 0 Å². The fourth-order valence-corrected chi connectivity index (χ4v) is 1.66. The summed E-state index contributed by atoms with van der Waals surface area (Å²) in [5.41, 5.74) is 2.18. The van der Waals surface area contributed by atoms with Crippen LogP contribution in [-0.2, 0) is 0 Å². The highest BCUT2D eigenvalue weighted by molar-refractivity contribution is 5.30. The molecule has 1 heterocycles. The molecular formula is C12H9F4N3. The molecule has 1 atom stereocenters. The van der Waals surface area contributed by atoms with Gasteiger partial charge in [-0.1, -0.05) is 6.07 Å². The van der Waals surface area contributed by atoms with Crippen LogP contribution in [0, 0.1) is 23.3 Å². The van der Waals surface area contributed by atoms with Crippen LogP contribution in [0.25, 0.3) is 0 Å². The quantitative estimate of drug-likeness (QED) is 0.389. The maximum Gasteiger partial charge on any atom is 0.194 e. The van der Waals surface area contributed by atoms with Crippen molar-refractivity contribution in [1.82, 2.24) is 10.4 Å². The van der Waals surface area contributed by atoms with E-state index in [1.165, 1.54) is 6.07 Å². The van der Waals surface area contributed by atoms with Gasteiger partial charge in [-0.05, 0) is 18.2 Å². The maximum atomic E-state index is 13.7. The molecule has 0 fully saturated rings. The highest BCUT2D eigenvalue weighted by Gasteiger charge is 2.22. The van der Waals surface area contributed by atoms with Gasteiger partial charge in [-0.2, -0.15) is 0 Å². The second-order valence-electron chi connectivity index (χ2n) is 3.77. The van der Waals surface area contributed by atoms with E-state index in [2.05, 4.69) is 10.4 Å². The van der Waals surface area contributed by atoms with Crippen molar-refractivity contribution >= 4 is 0 Å². The number of benzene rings is 1. The highest BCUT2D eigenvalue weighted by atomic mass is 19.2. The predicted octanol–water partition coefficient (Wildman–Crippen LogP) is 2.19. The number of nitrogens with two attached hydrogens (primary N) is 1. The average Bonchev–Trinajstić information content (AvgIpc) is 2.41. The number of hydrogen-bond acceptors (Lipinski definition) is 3. The van der Waals surface area contributed by atoms with Gasteiger partial charge in [0.2, 0.25) is 0 Å². The highest BCUT2D eigenvalue weighted by Crippen LogP contribution is 2.25. The fraction of sp³-hybridized carbons (Fsp3) is 0.0833. The average molecular weight is 271 g/mol. The first-order chi connectivity index (χ1) is 9.04. The van der Waals surface area contributed by atoms with Crippen molar-refractivity contribution in [2.45, 2.75) is 6.04 Å². The molecule has 3 N–H and O–H groups in total. The van der Waals surface area contributed by atoms with Crippen LogP contribution in [0.15, 0.2) is 30.5 Å². The van der Waals surface area contributed by atoms with E-state index in [0.29, 0.717) is 0 Å². The molecule has 0 bridgehead atoms. The van der Waals surface area contributed by atoms with Crippen LogP contribution in [-0.4, -0.2) is 4.98 Å². The minimum absolute atomic E-state index is 0.175. The summed E-state index contributed by atoms with van der Waals surface area (Å²) in [5, 5.41) is 0. The van der Waals surface area contributed by atoms with Gasteiger partial charge in [0.1, 0.15) is 5.82 Å². The van der Waals surface area contributed by atoms with Crippen LogP contribution in [0.3, 0.4) is 0 Å². The van der Waals surface area contributed by atoms with Gasteiger partial charge in [-0.3, -0.25) is 10.8 Å². The minimum atomic E-state index is -1.60. The molecule has 1 unspecified atom stereocenters. The third kappa shape index (κ3) is 2.56. The molecular weight excluding hydrogens is 262 g/mol. The Morgan fingerprint density at radius 1 is 1.00 bits per heavy atom. The zero-order valence-electron chi connectivity index (χ0n) is 9.50. The number of hydrazine groups is 1. The largest absolute Gasteiger partial charge is 0.271 e. The lowest BCUT2D eigenvalue weighted by Crippen LogP contribution is -2.30. The predicted molar refractivity (Wildman–Crippen MR) is 59.7 cm³/mol. The lowest BCUT2D eigenvalue weighted by Gasteiger charge is -2.16. The Morgan fingerprint density at radius 3 is 2.32 bits per heavy atom. The van der Waals surface area contributed by atoms with Crippen molar-refractivity contribution in [2.24, 2.45) is 5.84 Å². The number of nitrogens with zero attached hydrogens (tertiary/aromatic N) is 1. The summed E-state index contributed by atoms with van der Waals surface area (Å²) >= 11 is 0. The van der Waals surface area contributed by atoms with Crippen LogP contribution in [0.1, 0.15) is 17.3 Å². The molecule has 1 aromatic heterocycles. The van der Waals surface area contributed by atoms with Crippen molar-refractivity contribution in [3.05, 3.63) is 65.0 Å². The topological polar surface area (TPSA) is 50.9 Å². The number of aromatic nitrogens is 1. The Kier molecular flexibility index (Phi) is 3.77. The molecule has 19 heavy (non-hydrogen) atoms. The summed E-state index contributed by atoms with van der Waals surface area (Å²) in [6.45, 7) is 0. The van der Waals surface area contributed by atoms with E-state index in [4.69, 9.17) is 5.84 Å². The smallest absolute Gasteiger partial charge is 0.194 e. The minimum Gasteiger partial charge on any atom is -0.271 e. The van der Waals surface area contributed by atoms with Gasteiger partial charge >= 0.3 is 0 Å². The van der Waals surface area contributed by atoms with Crippen LogP contribution < -0.4 is 11.3 Å². The van der Waals surface area contributed by atoms with E-state index in [9.17, 15) is 17.6 Å². The first kappa shape index (κ1) is 13.4. The SMILES string of the molecule is NNC(c1ccc(F)cn1)c1ccc(F)c(F)c1F. The van der Waals surface area contributed by atoms with Crippen LogP contribution in [0.2, 0.25) is 0 Å². The Hall–Kier alpha value is -1.99. The zero-order chi connectivity index (χ0) is 14.0. The van der Waals surface area contributed by atoms with Crippen LogP contribution >= 0.6 is 0 Å². The molecule has 0 aliphatic rings. The van der Waals surface area contributed by atoms with E-state index >= 15 is 0 Å². The van der Waals surface area contributed by atoms with Crippen molar-refractivity contribution in [3.8, 4) is 0 Å². The summed E-state index contributed by atoms with van der Waals surface area (Å²) in [5.74, 6) is 0.421. The van der Waals surface area contributed by atoms with E-state index in [0.717, 1.165) is 24.4 Å². The normalized spacial score (nSPS) is 12.5. The number of halogens is 4. The Morgan fingerprint density at radius 2 is 1.74 bits per heavy atom. The fourth-order valence-electron chi connectivity index (χ4n) is 1.66. The number of rotatable bonds is 3. The summed E-state index contributed by atoms with van der Waals surface area (Å²) in [7, 11) is 0. The molecule has 0 saturated heterocycles. The standard InChI is InChI=1S/C12H9F4N3/c13-6-1-4-9(18-5-6)12(19-17)7-2-3-8(14)11(16)10(7)15/h1-5,12,19H,17H2. The van der Waals surface area contributed by atoms with Crippen molar-refractivity contribution in [1.29, 1.82) is 0 Å². The van der Waals surface area contributed by atoms with E-state index in [1.807, 2.05) is 0 Å². The molecule has 1 aromatic carbocycles. The van der Waals surface area contributed by atoms with Gasteiger partial charge in [0.25, 0.3) is 0 Å². The van der Waals surface area contributed by atoms with Gasteiger partial charge in [0.15, 0.2) is 17.5 Å². The van der Waals surface area contributed by atoms with Gasteiger partial charge < -0.3 is 0 Å². The molecule has 0 aliphatic carbocycles. The Balaban J connectivity index is 2.48. The van der Waals surface area contributed by atoms with Crippen LogP contribution in [0.4, 0.5) is 17.6 Å². The zero-order valence-corrected chi connectivity index (χ0v) is 9.50. The first-order valence-corrected chi connectivity index (χ1v) is 5.25. The molecule has 0 amide bonds. The Labute approximate surface area is 106 Å². The van der Waals surface area contributed by atoms with Crippen molar-refractivity contribution in [3.63, 3.8) is 0 Å². The third-order valence-corrected chi connectivity index (χ3v) is 2.59. The maximum absolute atomic E-state index is 13.7. The Bertz CT molecular complexity index is 586. The number of pyridine rings is 1. The first-order valence-electron chi connectivity index (χ1n) is 5.25. The lowest BCUT2D eigenvalue weighted by molar-refractivity contribution is 0.432. The summed E-state index contributed by atoms with van der Waals surface area (Å²) in [6.07, 6.45) is 0.914. The second kappa shape index (κ2) is 5.33. The number of nitrogens with one attached hydrogen (secondary N) is 1. The van der Waals surface area contributed by atoms with Crippen LogP contribution in [0.5, 0.6) is 0 Å². The summed E-state index contributed by atoms with van der Waals surface area (Å²) in [4.78, 5) is 3.72. The monoisotopic (exact) mass is 271 g/mol. The summed E-state index contributed by atoms with van der Waals surface area (Å²) in [6, 6.07) is 3.17. The third-order valence-electron chi connectivity index (χ3n) is 2.59. The molecule has 0 spiro atoms. The molecule has 7 heteroatoms. The van der Waals surface area contributed by atoms with Crippen molar-refractivity contribution in [2.75, 3.05) is 0 Å².